The zero-order valence-corrected chi connectivity index (χ0v) is 12.2. The Hall–Kier alpha value is -1.13. The van der Waals surface area contributed by atoms with Crippen LogP contribution in [-0.4, -0.2) is 23.9 Å². The summed E-state index contributed by atoms with van der Waals surface area (Å²) >= 11 is 0. The average Bonchev–Trinajstić information content (AvgIpc) is 2.32. The van der Waals surface area contributed by atoms with Gasteiger partial charge in [-0.3, -0.25) is 0 Å². The van der Waals surface area contributed by atoms with Gasteiger partial charge < -0.3 is 15.2 Å². The maximum atomic E-state index is 13.5. The van der Waals surface area contributed by atoms with E-state index in [9.17, 15) is 4.39 Å². The molecule has 4 heteroatoms. The predicted octanol–water partition coefficient (Wildman–Crippen LogP) is 2.72. The highest BCUT2D eigenvalue weighted by molar-refractivity contribution is 5.29. The van der Waals surface area contributed by atoms with Gasteiger partial charge in [-0.2, -0.15) is 0 Å². The van der Waals surface area contributed by atoms with Crippen LogP contribution in [0.15, 0.2) is 18.2 Å². The summed E-state index contributed by atoms with van der Waals surface area (Å²) < 4.78 is 19.0. The van der Waals surface area contributed by atoms with Crippen molar-refractivity contribution in [1.29, 1.82) is 0 Å². The van der Waals surface area contributed by atoms with Gasteiger partial charge in [0.2, 0.25) is 0 Å². The largest absolute Gasteiger partial charge is 0.493 e. The van der Waals surface area contributed by atoms with Gasteiger partial charge in [-0.1, -0.05) is 6.92 Å². The molecule has 0 aliphatic carbocycles. The smallest absolute Gasteiger partial charge is 0.127 e. The summed E-state index contributed by atoms with van der Waals surface area (Å²) in [5.74, 6) is 0.241. The van der Waals surface area contributed by atoms with Crippen molar-refractivity contribution in [3.8, 4) is 5.75 Å². The van der Waals surface area contributed by atoms with Crippen molar-refractivity contribution in [3.63, 3.8) is 0 Å². The standard InChI is InChI=1S/C15H24FNO2/c1-11(9-18)10-19-14-6-12(5-13(16)7-14)8-17-15(2,3)4/h5-7,11,17-18H,8-10H2,1-4H3. The van der Waals surface area contributed by atoms with Gasteiger partial charge in [0, 0.05) is 30.7 Å². The molecule has 0 bridgehead atoms. The molecule has 1 aromatic carbocycles. The molecule has 0 saturated heterocycles. The summed E-state index contributed by atoms with van der Waals surface area (Å²) in [6, 6.07) is 4.69. The summed E-state index contributed by atoms with van der Waals surface area (Å²) in [7, 11) is 0. The van der Waals surface area contributed by atoms with Crippen LogP contribution in [0, 0.1) is 11.7 Å². The number of ether oxygens (including phenoxy) is 1. The lowest BCUT2D eigenvalue weighted by molar-refractivity contribution is 0.174. The summed E-state index contributed by atoms with van der Waals surface area (Å²) in [5.41, 5.74) is 0.834. The molecule has 0 aromatic heterocycles. The monoisotopic (exact) mass is 269 g/mol. The Kier molecular flexibility index (Phi) is 5.76. The Morgan fingerprint density at radius 2 is 2.00 bits per heavy atom. The minimum atomic E-state index is -0.306. The topological polar surface area (TPSA) is 41.5 Å². The fraction of sp³-hybridized carbons (Fsp3) is 0.600. The first-order valence-corrected chi connectivity index (χ1v) is 6.58. The van der Waals surface area contributed by atoms with Crippen molar-refractivity contribution in [3.05, 3.63) is 29.6 Å². The molecule has 0 radical (unpaired) electrons. The highest BCUT2D eigenvalue weighted by Crippen LogP contribution is 2.18. The van der Waals surface area contributed by atoms with Crippen molar-refractivity contribution in [2.75, 3.05) is 13.2 Å². The fourth-order valence-corrected chi connectivity index (χ4v) is 1.46. The van der Waals surface area contributed by atoms with E-state index in [0.29, 0.717) is 18.9 Å². The van der Waals surface area contributed by atoms with Gasteiger partial charge in [-0.05, 0) is 38.5 Å². The molecule has 1 aromatic rings. The maximum absolute atomic E-state index is 13.5. The van der Waals surface area contributed by atoms with E-state index in [1.807, 2.05) is 13.0 Å². The number of benzene rings is 1. The molecule has 19 heavy (non-hydrogen) atoms. The van der Waals surface area contributed by atoms with Gasteiger partial charge >= 0.3 is 0 Å². The van der Waals surface area contributed by atoms with Crippen LogP contribution in [0.3, 0.4) is 0 Å². The Morgan fingerprint density at radius 3 is 2.58 bits per heavy atom. The molecule has 3 nitrogen and oxygen atoms in total. The molecule has 0 heterocycles. The van der Waals surface area contributed by atoms with E-state index in [1.165, 1.54) is 12.1 Å². The van der Waals surface area contributed by atoms with Gasteiger partial charge in [0.05, 0.1) is 6.61 Å². The molecular weight excluding hydrogens is 245 g/mol. The van der Waals surface area contributed by atoms with E-state index < -0.39 is 0 Å². The van der Waals surface area contributed by atoms with E-state index in [4.69, 9.17) is 9.84 Å². The van der Waals surface area contributed by atoms with Gasteiger partial charge in [-0.25, -0.2) is 4.39 Å². The van der Waals surface area contributed by atoms with Crippen LogP contribution in [0.25, 0.3) is 0 Å². The zero-order valence-electron chi connectivity index (χ0n) is 12.2. The molecule has 0 amide bonds. The van der Waals surface area contributed by atoms with E-state index in [1.54, 1.807) is 0 Å². The summed E-state index contributed by atoms with van der Waals surface area (Å²) in [6.07, 6.45) is 0. The van der Waals surface area contributed by atoms with Crippen LogP contribution in [0.5, 0.6) is 5.75 Å². The predicted molar refractivity (Wildman–Crippen MR) is 74.7 cm³/mol. The fourth-order valence-electron chi connectivity index (χ4n) is 1.46. The maximum Gasteiger partial charge on any atom is 0.127 e. The van der Waals surface area contributed by atoms with Crippen molar-refractivity contribution >= 4 is 0 Å². The van der Waals surface area contributed by atoms with Crippen LogP contribution < -0.4 is 10.1 Å². The van der Waals surface area contributed by atoms with Gasteiger partial charge in [0.15, 0.2) is 0 Å². The van der Waals surface area contributed by atoms with E-state index in [0.717, 1.165) is 5.56 Å². The molecule has 1 atom stereocenters. The first-order chi connectivity index (χ1) is 8.80. The third-order valence-corrected chi connectivity index (χ3v) is 2.60. The average molecular weight is 269 g/mol. The lowest BCUT2D eigenvalue weighted by atomic mass is 10.1. The molecule has 0 fully saturated rings. The van der Waals surface area contributed by atoms with E-state index in [-0.39, 0.29) is 23.9 Å². The molecule has 0 spiro atoms. The summed E-state index contributed by atoms with van der Waals surface area (Å²) in [5, 5.41) is 12.2. The summed E-state index contributed by atoms with van der Waals surface area (Å²) in [6.45, 7) is 9.10. The van der Waals surface area contributed by atoms with E-state index in [2.05, 4.69) is 26.1 Å². The first kappa shape index (κ1) is 15.9. The minimum absolute atomic E-state index is 0.0151. The van der Waals surface area contributed by atoms with Gasteiger partial charge in [0.1, 0.15) is 11.6 Å². The lowest BCUT2D eigenvalue weighted by Crippen LogP contribution is -2.35. The van der Waals surface area contributed by atoms with Crippen LogP contribution >= 0.6 is 0 Å². The van der Waals surface area contributed by atoms with Gasteiger partial charge in [0.25, 0.3) is 0 Å². The molecule has 0 saturated carbocycles. The first-order valence-electron chi connectivity index (χ1n) is 6.58. The quantitative estimate of drug-likeness (QED) is 0.834. The number of halogens is 1. The zero-order chi connectivity index (χ0) is 14.5. The summed E-state index contributed by atoms with van der Waals surface area (Å²) in [4.78, 5) is 0. The number of hydrogen-bond donors (Lipinski definition) is 2. The van der Waals surface area contributed by atoms with Crippen LogP contribution in [-0.2, 0) is 6.54 Å². The Labute approximate surface area is 114 Å². The van der Waals surface area contributed by atoms with Crippen molar-refractivity contribution in [2.45, 2.75) is 39.8 Å². The molecule has 0 aliphatic heterocycles. The molecule has 0 aliphatic rings. The van der Waals surface area contributed by atoms with Crippen LogP contribution in [0.1, 0.15) is 33.3 Å². The number of aliphatic hydroxyl groups is 1. The normalized spacial score (nSPS) is 13.4. The van der Waals surface area contributed by atoms with Crippen molar-refractivity contribution in [1.82, 2.24) is 5.32 Å². The lowest BCUT2D eigenvalue weighted by Gasteiger charge is -2.21. The van der Waals surface area contributed by atoms with Crippen LogP contribution in [0.4, 0.5) is 4.39 Å². The van der Waals surface area contributed by atoms with E-state index >= 15 is 0 Å². The number of nitrogens with one attached hydrogen (secondary N) is 1. The molecule has 1 unspecified atom stereocenters. The number of rotatable bonds is 6. The second-order valence-electron chi connectivity index (χ2n) is 6.00. The second kappa shape index (κ2) is 6.87. The molecule has 1 rings (SSSR count). The van der Waals surface area contributed by atoms with Crippen molar-refractivity contribution in [2.24, 2.45) is 5.92 Å². The number of hydrogen-bond acceptors (Lipinski definition) is 3. The highest BCUT2D eigenvalue weighted by atomic mass is 19.1. The van der Waals surface area contributed by atoms with Crippen molar-refractivity contribution < 1.29 is 14.2 Å². The highest BCUT2D eigenvalue weighted by Gasteiger charge is 2.10. The SMILES string of the molecule is CC(CO)COc1cc(F)cc(CNC(C)(C)C)c1. The second-order valence-corrected chi connectivity index (χ2v) is 6.00. The molecule has 108 valence electrons. The third kappa shape index (κ3) is 6.55. The van der Waals surface area contributed by atoms with Crippen LogP contribution in [0.2, 0.25) is 0 Å². The Balaban J connectivity index is 2.66. The number of aliphatic hydroxyl groups excluding tert-OH is 1. The Morgan fingerprint density at radius 1 is 1.32 bits per heavy atom. The Bertz CT molecular complexity index is 402. The molecule has 2 N–H and O–H groups in total. The minimum Gasteiger partial charge on any atom is -0.493 e. The molecular formula is C15H24FNO2. The van der Waals surface area contributed by atoms with Gasteiger partial charge in [-0.15, -0.1) is 0 Å². The third-order valence-electron chi connectivity index (χ3n) is 2.60.